The fourth-order valence-corrected chi connectivity index (χ4v) is 1.24. The molecule has 60 valence electrons. The molecule has 12 heavy (non-hydrogen) atoms. The molecular weight excluding hydrogens is 195 g/mol. The molecule has 0 aliphatic heterocycles. The lowest BCUT2D eigenvalue weighted by Gasteiger charge is -1.95. The van der Waals surface area contributed by atoms with E-state index in [0.717, 1.165) is 5.39 Å². The Morgan fingerprint density at radius 1 is 0.833 bits per heavy atom. The van der Waals surface area contributed by atoms with Crippen molar-refractivity contribution in [1.82, 2.24) is 9.97 Å². The molecule has 2 aromatic rings. The maximum Gasteiger partial charge on any atom is 0.162 e. The predicted octanol–water partition coefficient (Wildman–Crippen LogP) is 2.94. The van der Waals surface area contributed by atoms with Gasteiger partial charge in [-0.05, 0) is 24.3 Å². The van der Waals surface area contributed by atoms with Crippen LogP contribution in [0.4, 0.5) is 0 Å². The number of pyridine rings is 2. The van der Waals surface area contributed by atoms with Gasteiger partial charge in [0.2, 0.25) is 0 Å². The van der Waals surface area contributed by atoms with E-state index in [1.165, 1.54) is 0 Å². The standard InChI is InChI=1S/C8H4Cl2N2/c9-6-3-1-5-2-4-7(10)12-8(5)11-6/h1-4H. The summed E-state index contributed by atoms with van der Waals surface area (Å²) in [6.07, 6.45) is 0. The summed E-state index contributed by atoms with van der Waals surface area (Å²) in [5, 5.41) is 1.79. The first-order valence-electron chi connectivity index (χ1n) is 3.34. The van der Waals surface area contributed by atoms with Crippen molar-refractivity contribution in [2.75, 3.05) is 0 Å². The largest absolute Gasteiger partial charge is 0.216 e. The molecule has 0 radical (unpaired) electrons. The minimum Gasteiger partial charge on any atom is -0.216 e. The van der Waals surface area contributed by atoms with Gasteiger partial charge in [0.05, 0.1) is 0 Å². The molecule has 0 fully saturated rings. The summed E-state index contributed by atoms with van der Waals surface area (Å²) in [5.41, 5.74) is 0.579. The number of fused-ring (bicyclic) bond motifs is 1. The Morgan fingerprint density at radius 3 is 1.83 bits per heavy atom. The van der Waals surface area contributed by atoms with Crippen molar-refractivity contribution < 1.29 is 0 Å². The summed E-state index contributed by atoms with van der Waals surface area (Å²) in [7, 11) is 0. The maximum atomic E-state index is 5.68. The Bertz CT molecular complexity index is 392. The van der Waals surface area contributed by atoms with Crippen LogP contribution in [-0.4, -0.2) is 9.97 Å². The van der Waals surface area contributed by atoms with Crippen molar-refractivity contribution in [3.63, 3.8) is 0 Å². The lowest BCUT2D eigenvalue weighted by atomic mass is 10.3. The molecule has 0 aromatic carbocycles. The fourth-order valence-electron chi connectivity index (χ4n) is 0.953. The first kappa shape index (κ1) is 7.77. The van der Waals surface area contributed by atoms with Crippen LogP contribution in [0.1, 0.15) is 0 Å². The van der Waals surface area contributed by atoms with Gasteiger partial charge in [0.25, 0.3) is 0 Å². The summed E-state index contributed by atoms with van der Waals surface area (Å²) < 4.78 is 0. The van der Waals surface area contributed by atoms with Crippen LogP contribution < -0.4 is 0 Å². The summed E-state index contributed by atoms with van der Waals surface area (Å²) in [4.78, 5) is 8.01. The molecule has 2 nitrogen and oxygen atoms in total. The van der Waals surface area contributed by atoms with Gasteiger partial charge in [0.1, 0.15) is 10.3 Å². The number of nitrogens with zero attached hydrogens (tertiary/aromatic N) is 2. The summed E-state index contributed by atoms with van der Waals surface area (Å²) >= 11 is 11.4. The van der Waals surface area contributed by atoms with Gasteiger partial charge in [0, 0.05) is 5.39 Å². The summed E-state index contributed by atoms with van der Waals surface area (Å²) in [5.74, 6) is 0. The second kappa shape index (κ2) is 2.88. The van der Waals surface area contributed by atoms with Gasteiger partial charge in [-0.25, -0.2) is 9.97 Å². The molecular formula is C8H4Cl2N2. The molecule has 0 N–H and O–H groups in total. The molecule has 4 heteroatoms. The number of hydrogen-bond donors (Lipinski definition) is 0. The third-order valence-corrected chi connectivity index (χ3v) is 1.91. The Balaban J connectivity index is 2.80. The molecule has 0 aliphatic carbocycles. The maximum absolute atomic E-state index is 5.68. The molecule has 2 heterocycles. The average molecular weight is 199 g/mol. The lowest BCUT2D eigenvalue weighted by Crippen LogP contribution is -1.83. The molecule has 0 saturated heterocycles. The van der Waals surface area contributed by atoms with E-state index in [1.807, 2.05) is 12.1 Å². The quantitative estimate of drug-likeness (QED) is 0.609. The van der Waals surface area contributed by atoms with Crippen LogP contribution >= 0.6 is 23.2 Å². The molecule has 0 saturated carbocycles. The van der Waals surface area contributed by atoms with Crippen LogP contribution in [0.5, 0.6) is 0 Å². The van der Waals surface area contributed by atoms with E-state index in [-0.39, 0.29) is 0 Å². The van der Waals surface area contributed by atoms with Gasteiger partial charge in [-0.3, -0.25) is 0 Å². The molecule has 0 aliphatic rings. The van der Waals surface area contributed by atoms with E-state index in [4.69, 9.17) is 23.2 Å². The first-order valence-corrected chi connectivity index (χ1v) is 4.10. The number of aromatic nitrogens is 2. The zero-order valence-corrected chi connectivity index (χ0v) is 7.47. The van der Waals surface area contributed by atoms with E-state index in [9.17, 15) is 0 Å². The highest BCUT2D eigenvalue weighted by atomic mass is 35.5. The van der Waals surface area contributed by atoms with Gasteiger partial charge in [0.15, 0.2) is 5.65 Å². The Hall–Kier alpha value is -0.860. The van der Waals surface area contributed by atoms with Crippen LogP contribution in [0.3, 0.4) is 0 Å². The van der Waals surface area contributed by atoms with Crippen molar-refractivity contribution >= 4 is 34.2 Å². The highest BCUT2D eigenvalue weighted by Crippen LogP contribution is 2.15. The van der Waals surface area contributed by atoms with Crippen molar-refractivity contribution in [3.05, 3.63) is 34.6 Å². The highest BCUT2D eigenvalue weighted by Gasteiger charge is 1.97. The second-order valence-electron chi connectivity index (χ2n) is 2.31. The molecule has 0 unspecified atom stereocenters. The van der Waals surface area contributed by atoms with Crippen LogP contribution in [0, 0.1) is 0 Å². The Labute approximate surface area is 79.2 Å². The van der Waals surface area contributed by atoms with Gasteiger partial charge >= 0.3 is 0 Å². The predicted molar refractivity (Wildman–Crippen MR) is 49.6 cm³/mol. The van der Waals surface area contributed by atoms with E-state index in [0.29, 0.717) is 16.0 Å². The summed E-state index contributed by atoms with van der Waals surface area (Å²) in [6, 6.07) is 7.15. The van der Waals surface area contributed by atoms with Gasteiger partial charge in [-0.2, -0.15) is 0 Å². The fraction of sp³-hybridized carbons (Fsp3) is 0. The Kier molecular flexibility index (Phi) is 1.87. The number of rotatable bonds is 0. The van der Waals surface area contributed by atoms with E-state index >= 15 is 0 Å². The van der Waals surface area contributed by atoms with Crippen molar-refractivity contribution in [1.29, 1.82) is 0 Å². The normalized spacial score (nSPS) is 10.5. The van der Waals surface area contributed by atoms with Gasteiger partial charge < -0.3 is 0 Å². The average Bonchev–Trinajstić information content (AvgIpc) is 2.03. The Morgan fingerprint density at radius 2 is 1.33 bits per heavy atom. The van der Waals surface area contributed by atoms with Gasteiger partial charge in [-0.1, -0.05) is 23.2 Å². The molecule has 2 aromatic heterocycles. The minimum absolute atomic E-state index is 0.428. The number of hydrogen-bond acceptors (Lipinski definition) is 2. The van der Waals surface area contributed by atoms with Crippen molar-refractivity contribution in [3.8, 4) is 0 Å². The lowest BCUT2D eigenvalue weighted by molar-refractivity contribution is 1.29. The summed E-state index contributed by atoms with van der Waals surface area (Å²) in [6.45, 7) is 0. The minimum atomic E-state index is 0.428. The van der Waals surface area contributed by atoms with Crippen molar-refractivity contribution in [2.45, 2.75) is 0 Å². The zero-order chi connectivity index (χ0) is 8.55. The third kappa shape index (κ3) is 1.36. The molecule has 0 atom stereocenters. The van der Waals surface area contributed by atoms with Crippen molar-refractivity contribution in [2.24, 2.45) is 0 Å². The molecule has 0 spiro atoms. The molecule has 0 amide bonds. The highest BCUT2D eigenvalue weighted by molar-refractivity contribution is 6.30. The van der Waals surface area contributed by atoms with Crippen LogP contribution in [0.2, 0.25) is 10.3 Å². The van der Waals surface area contributed by atoms with E-state index in [2.05, 4.69) is 9.97 Å². The monoisotopic (exact) mass is 198 g/mol. The van der Waals surface area contributed by atoms with Gasteiger partial charge in [-0.15, -0.1) is 0 Å². The van der Waals surface area contributed by atoms with Crippen LogP contribution in [0.25, 0.3) is 11.0 Å². The molecule has 2 rings (SSSR count). The van der Waals surface area contributed by atoms with E-state index < -0.39 is 0 Å². The second-order valence-corrected chi connectivity index (χ2v) is 3.09. The smallest absolute Gasteiger partial charge is 0.162 e. The first-order chi connectivity index (χ1) is 5.75. The zero-order valence-electron chi connectivity index (χ0n) is 5.96. The molecule has 0 bridgehead atoms. The van der Waals surface area contributed by atoms with E-state index in [1.54, 1.807) is 12.1 Å². The number of halogens is 2. The SMILES string of the molecule is Clc1ccc2ccc(Cl)nc2n1. The topological polar surface area (TPSA) is 25.8 Å². The van der Waals surface area contributed by atoms with Crippen LogP contribution in [0.15, 0.2) is 24.3 Å². The third-order valence-electron chi connectivity index (χ3n) is 1.48. The van der Waals surface area contributed by atoms with Crippen LogP contribution in [-0.2, 0) is 0 Å².